The fourth-order valence-corrected chi connectivity index (χ4v) is 2.02. The zero-order valence-electron chi connectivity index (χ0n) is 9.01. The number of alkyl halides is 1. The third kappa shape index (κ3) is 3.20. The van der Waals surface area contributed by atoms with E-state index in [4.69, 9.17) is 11.6 Å². The fourth-order valence-electron chi connectivity index (χ4n) is 1.54. The smallest absolute Gasteiger partial charge is 0.182 e. The molecule has 4 heteroatoms. The van der Waals surface area contributed by atoms with Gasteiger partial charge in [-0.25, -0.2) is 0 Å². The molecule has 1 aliphatic rings. The number of benzene rings is 1. The van der Waals surface area contributed by atoms with Crippen LogP contribution in [0.4, 0.5) is 0 Å². The lowest BCUT2D eigenvalue weighted by Gasteiger charge is -2.24. The third-order valence-electron chi connectivity index (χ3n) is 2.47. The molecule has 0 amide bonds. The molecular formula is C13H11BrClNO. The summed E-state index contributed by atoms with van der Waals surface area (Å²) in [6.45, 7) is 0.288. The normalized spacial score (nSPS) is 18.5. The van der Waals surface area contributed by atoms with Gasteiger partial charge in [0, 0.05) is 16.2 Å². The number of ketones is 1. The number of hydrogen-bond donors (Lipinski definition) is 0. The fraction of sp³-hybridized carbons (Fsp3) is 0.154. The van der Waals surface area contributed by atoms with Gasteiger partial charge >= 0.3 is 0 Å². The van der Waals surface area contributed by atoms with E-state index in [2.05, 4.69) is 15.9 Å². The SMILES string of the molecule is O=C(CN1C=CC=CC1Cl)c1ccc(Br)cc1. The Morgan fingerprint density at radius 2 is 2.00 bits per heavy atom. The van der Waals surface area contributed by atoms with Crippen molar-refractivity contribution in [3.8, 4) is 0 Å². The van der Waals surface area contributed by atoms with Gasteiger partial charge in [0.15, 0.2) is 5.78 Å². The second-order valence-corrected chi connectivity index (χ2v) is 5.06. The van der Waals surface area contributed by atoms with E-state index in [1.165, 1.54) is 0 Å². The molecule has 1 heterocycles. The highest BCUT2D eigenvalue weighted by Crippen LogP contribution is 2.15. The molecule has 0 aliphatic carbocycles. The molecule has 17 heavy (non-hydrogen) atoms. The van der Waals surface area contributed by atoms with Gasteiger partial charge < -0.3 is 4.90 Å². The molecule has 2 rings (SSSR count). The summed E-state index contributed by atoms with van der Waals surface area (Å²) in [5, 5.41) is 0. The van der Waals surface area contributed by atoms with Crippen molar-refractivity contribution in [3.05, 3.63) is 58.7 Å². The van der Waals surface area contributed by atoms with Gasteiger partial charge in [0.25, 0.3) is 0 Å². The van der Waals surface area contributed by atoms with Crippen molar-refractivity contribution in [3.63, 3.8) is 0 Å². The molecule has 0 bridgehead atoms. The molecule has 0 saturated heterocycles. The molecule has 2 nitrogen and oxygen atoms in total. The maximum Gasteiger partial charge on any atom is 0.182 e. The molecule has 0 N–H and O–H groups in total. The summed E-state index contributed by atoms with van der Waals surface area (Å²) in [6.07, 6.45) is 7.41. The minimum atomic E-state index is -0.251. The Kier molecular flexibility index (Phi) is 4.02. The van der Waals surface area contributed by atoms with E-state index in [0.717, 1.165) is 4.47 Å². The highest BCUT2D eigenvalue weighted by molar-refractivity contribution is 9.10. The van der Waals surface area contributed by atoms with Crippen molar-refractivity contribution in [2.24, 2.45) is 0 Å². The van der Waals surface area contributed by atoms with Crippen LogP contribution in [0.3, 0.4) is 0 Å². The molecule has 1 aliphatic heterocycles. The summed E-state index contributed by atoms with van der Waals surface area (Å²) < 4.78 is 0.963. The van der Waals surface area contributed by atoms with Crippen LogP contribution in [0, 0.1) is 0 Å². The zero-order valence-corrected chi connectivity index (χ0v) is 11.4. The average Bonchev–Trinajstić information content (AvgIpc) is 2.33. The third-order valence-corrected chi connectivity index (χ3v) is 3.39. The quantitative estimate of drug-likeness (QED) is 0.483. The van der Waals surface area contributed by atoms with Gasteiger partial charge in [0.05, 0.1) is 6.54 Å². The first-order chi connectivity index (χ1) is 8.16. The molecule has 0 spiro atoms. The number of halogens is 2. The standard InChI is InChI=1S/C13H11BrClNO/c14-11-6-4-10(5-7-11)12(17)9-16-8-2-1-3-13(16)15/h1-8,13H,9H2. The van der Waals surface area contributed by atoms with E-state index in [1.807, 2.05) is 36.6 Å². The highest BCUT2D eigenvalue weighted by atomic mass is 79.9. The Morgan fingerprint density at radius 1 is 1.29 bits per heavy atom. The zero-order chi connectivity index (χ0) is 12.3. The molecule has 1 aromatic rings. The molecule has 1 aromatic carbocycles. The van der Waals surface area contributed by atoms with E-state index in [0.29, 0.717) is 5.56 Å². The molecule has 1 unspecified atom stereocenters. The van der Waals surface area contributed by atoms with Crippen molar-refractivity contribution >= 4 is 33.3 Å². The maximum atomic E-state index is 12.0. The van der Waals surface area contributed by atoms with Crippen LogP contribution in [0.2, 0.25) is 0 Å². The Balaban J connectivity index is 2.04. The Morgan fingerprint density at radius 3 is 2.65 bits per heavy atom. The van der Waals surface area contributed by atoms with Gasteiger partial charge in [-0.3, -0.25) is 4.79 Å². The Bertz CT molecular complexity index is 467. The number of hydrogen-bond acceptors (Lipinski definition) is 2. The van der Waals surface area contributed by atoms with Gasteiger partial charge in [-0.15, -0.1) is 0 Å². The number of carbonyl (C=O) groups excluding carboxylic acids is 1. The van der Waals surface area contributed by atoms with Crippen LogP contribution < -0.4 is 0 Å². The van der Waals surface area contributed by atoms with Crippen LogP contribution in [0.15, 0.2) is 53.2 Å². The van der Waals surface area contributed by atoms with Crippen LogP contribution >= 0.6 is 27.5 Å². The lowest BCUT2D eigenvalue weighted by molar-refractivity contribution is 0.0955. The van der Waals surface area contributed by atoms with Gasteiger partial charge in [0.2, 0.25) is 0 Å². The molecular weight excluding hydrogens is 302 g/mol. The topological polar surface area (TPSA) is 20.3 Å². The first-order valence-electron chi connectivity index (χ1n) is 5.20. The second-order valence-electron chi connectivity index (χ2n) is 3.70. The first-order valence-corrected chi connectivity index (χ1v) is 6.43. The van der Waals surface area contributed by atoms with Crippen molar-refractivity contribution < 1.29 is 4.79 Å². The number of carbonyl (C=O) groups is 1. The highest BCUT2D eigenvalue weighted by Gasteiger charge is 2.15. The van der Waals surface area contributed by atoms with E-state index < -0.39 is 0 Å². The molecule has 0 radical (unpaired) electrons. The predicted molar refractivity (Wildman–Crippen MR) is 73.1 cm³/mol. The predicted octanol–water partition coefficient (Wildman–Crippen LogP) is 3.58. The molecule has 1 atom stereocenters. The van der Waals surface area contributed by atoms with Gasteiger partial charge in [-0.05, 0) is 24.3 Å². The summed E-state index contributed by atoms with van der Waals surface area (Å²) >= 11 is 9.41. The van der Waals surface area contributed by atoms with Gasteiger partial charge in [-0.2, -0.15) is 0 Å². The maximum absolute atomic E-state index is 12.0. The van der Waals surface area contributed by atoms with E-state index >= 15 is 0 Å². The van der Waals surface area contributed by atoms with Gasteiger partial charge in [-0.1, -0.05) is 45.7 Å². The van der Waals surface area contributed by atoms with Crippen LogP contribution in [0.5, 0.6) is 0 Å². The van der Waals surface area contributed by atoms with Crippen LogP contribution in [0.25, 0.3) is 0 Å². The van der Waals surface area contributed by atoms with Crippen LogP contribution in [-0.4, -0.2) is 22.7 Å². The summed E-state index contributed by atoms with van der Waals surface area (Å²) in [7, 11) is 0. The molecule has 88 valence electrons. The summed E-state index contributed by atoms with van der Waals surface area (Å²) in [5.74, 6) is 0.0584. The Hall–Kier alpha value is -1.06. The average molecular weight is 313 g/mol. The lowest BCUT2D eigenvalue weighted by Crippen LogP contribution is -2.31. The van der Waals surface area contributed by atoms with E-state index in [9.17, 15) is 4.79 Å². The minimum absolute atomic E-state index is 0.0584. The van der Waals surface area contributed by atoms with Gasteiger partial charge in [0.1, 0.15) is 5.50 Å². The Labute approximate surface area is 114 Å². The largest absolute Gasteiger partial charge is 0.350 e. The number of rotatable bonds is 3. The van der Waals surface area contributed by atoms with Crippen molar-refractivity contribution in [2.75, 3.05) is 6.54 Å². The minimum Gasteiger partial charge on any atom is -0.350 e. The summed E-state index contributed by atoms with van der Waals surface area (Å²) in [5.41, 5.74) is 0.444. The van der Waals surface area contributed by atoms with Crippen molar-refractivity contribution in [1.82, 2.24) is 4.90 Å². The van der Waals surface area contributed by atoms with Crippen molar-refractivity contribution in [1.29, 1.82) is 0 Å². The van der Waals surface area contributed by atoms with Crippen LogP contribution in [0.1, 0.15) is 10.4 Å². The molecule has 0 fully saturated rings. The summed E-state index contributed by atoms with van der Waals surface area (Å²) in [6, 6.07) is 7.33. The number of nitrogens with zero attached hydrogens (tertiary/aromatic N) is 1. The lowest BCUT2D eigenvalue weighted by atomic mass is 10.1. The number of Topliss-reactive ketones (excluding diaryl/α,β-unsaturated/α-hetero) is 1. The van der Waals surface area contributed by atoms with Crippen molar-refractivity contribution in [2.45, 2.75) is 5.50 Å². The van der Waals surface area contributed by atoms with E-state index in [1.54, 1.807) is 17.0 Å². The first kappa shape index (κ1) is 12.4. The number of allylic oxidation sites excluding steroid dienone is 2. The molecule has 0 aromatic heterocycles. The van der Waals surface area contributed by atoms with Crippen LogP contribution in [-0.2, 0) is 0 Å². The van der Waals surface area contributed by atoms with E-state index in [-0.39, 0.29) is 17.8 Å². The second kappa shape index (κ2) is 5.52. The monoisotopic (exact) mass is 311 g/mol. The molecule has 0 saturated carbocycles. The summed E-state index contributed by atoms with van der Waals surface area (Å²) in [4.78, 5) is 13.8.